The Hall–Kier alpha value is -5.19. The van der Waals surface area contributed by atoms with Gasteiger partial charge in [-0.05, 0) is 73.8 Å². The van der Waals surface area contributed by atoms with Crippen molar-refractivity contribution in [3.63, 3.8) is 0 Å². The van der Waals surface area contributed by atoms with Gasteiger partial charge >= 0.3 is 0 Å². The molecular weight excluding hydrogens is 667 g/mol. The predicted molar refractivity (Wildman–Crippen MR) is 211 cm³/mol. The first-order chi connectivity index (χ1) is 25.6. The minimum absolute atomic E-state index is 0.0243. The smallest absolute Gasteiger partial charge is 0.227 e. The van der Waals surface area contributed by atoms with Gasteiger partial charge < -0.3 is 31.1 Å². The SMILES string of the molecule is C[C@H](CO)N1C[C@H](C)[C@H](CN(C)Cc2ccc(-c3ccccc3)cc2)Oc2ccc(NC(=O)CCCCCC(=O)Nc3ccccc3N)cc2CC1=O. The lowest BCUT2D eigenvalue weighted by Gasteiger charge is -2.34. The Morgan fingerprint density at radius 1 is 0.906 bits per heavy atom. The van der Waals surface area contributed by atoms with E-state index in [4.69, 9.17) is 10.5 Å². The zero-order valence-corrected chi connectivity index (χ0v) is 31.1. The fourth-order valence-electron chi connectivity index (χ4n) is 6.64. The van der Waals surface area contributed by atoms with E-state index in [1.54, 1.807) is 17.0 Å². The summed E-state index contributed by atoms with van der Waals surface area (Å²) in [6.45, 7) is 5.60. The summed E-state index contributed by atoms with van der Waals surface area (Å²) in [6, 6.07) is 31.2. The Labute approximate surface area is 313 Å². The Morgan fingerprint density at radius 2 is 1.57 bits per heavy atom. The largest absolute Gasteiger partial charge is 0.488 e. The summed E-state index contributed by atoms with van der Waals surface area (Å²) in [5.41, 5.74) is 11.8. The number of fused-ring (bicyclic) bond motifs is 1. The fraction of sp³-hybridized carbons (Fsp3) is 0.372. The first-order valence-electron chi connectivity index (χ1n) is 18.6. The van der Waals surface area contributed by atoms with Crippen LogP contribution in [0.4, 0.5) is 17.1 Å². The van der Waals surface area contributed by atoms with Gasteiger partial charge in [-0.2, -0.15) is 0 Å². The van der Waals surface area contributed by atoms with E-state index in [9.17, 15) is 19.5 Å². The van der Waals surface area contributed by atoms with E-state index in [-0.39, 0.29) is 48.8 Å². The van der Waals surface area contributed by atoms with Crippen LogP contribution in [0.2, 0.25) is 0 Å². The third kappa shape index (κ3) is 11.4. The number of ether oxygens (including phenoxy) is 1. The maximum absolute atomic E-state index is 13.7. The van der Waals surface area contributed by atoms with Gasteiger partial charge in [0, 0.05) is 49.6 Å². The lowest BCUT2D eigenvalue weighted by molar-refractivity contribution is -0.134. The normalized spacial score (nSPS) is 16.5. The summed E-state index contributed by atoms with van der Waals surface area (Å²) >= 11 is 0. The van der Waals surface area contributed by atoms with Crippen LogP contribution in [0.5, 0.6) is 5.75 Å². The number of nitrogens with zero attached hydrogens (tertiary/aromatic N) is 2. The monoisotopic (exact) mass is 719 g/mol. The molecule has 4 aromatic rings. The highest BCUT2D eigenvalue weighted by molar-refractivity contribution is 5.94. The summed E-state index contributed by atoms with van der Waals surface area (Å²) in [5.74, 6) is 0.247. The van der Waals surface area contributed by atoms with Crippen LogP contribution in [0.25, 0.3) is 11.1 Å². The number of nitrogens with two attached hydrogens (primary N) is 1. The molecule has 0 saturated heterocycles. The standard InChI is InChI=1S/C43H53N5O5/c1-30-26-48(31(2)29-49)43(52)25-35-24-36(45-41(50)16-8-5-9-17-42(51)46-38-15-11-10-14-37(38)44)22-23-39(35)53-40(30)28-47(3)27-32-18-20-34(21-19-32)33-12-6-4-7-13-33/h4,6-7,10-15,18-24,30-31,40,49H,5,8-9,16-17,25-29,44H2,1-3H3,(H,45,50)(H,46,51)/t30-,31+,40-/m0/s1. The third-order valence-corrected chi connectivity index (χ3v) is 9.75. The Morgan fingerprint density at radius 3 is 2.26 bits per heavy atom. The van der Waals surface area contributed by atoms with Gasteiger partial charge in [-0.3, -0.25) is 19.3 Å². The summed E-state index contributed by atoms with van der Waals surface area (Å²) in [7, 11) is 2.07. The molecule has 5 rings (SSSR count). The van der Waals surface area contributed by atoms with Crippen molar-refractivity contribution in [3.8, 4) is 16.9 Å². The average Bonchev–Trinajstić information content (AvgIpc) is 3.19. The van der Waals surface area contributed by atoms with Crippen molar-refractivity contribution in [2.75, 3.05) is 43.1 Å². The second-order valence-corrected chi connectivity index (χ2v) is 14.2. The summed E-state index contributed by atoms with van der Waals surface area (Å²) < 4.78 is 6.70. The van der Waals surface area contributed by atoms with Crippen LogP contribution in [0.1, 0.15) is 57.1 Å². The zero-order valence-electron chi connectivity index (χ0n) is 31.1. The van der Waals surface area contributed by atoms with Crippen LogP contribution >= 0.6 is 0 Å². The number of benzene rings is 4. The van der Waals surface area contributed by atoms with E-state index in [0.29, 0.717) is 67.1 Å². The topological polar surface area (TPSA) is 137 Å². The number of rotatable bonds is 15. The number of carbonyl (C=O) groups excluding carboxylic acids is 3. The van der Waals surface area contributed by atoms with Crippen LogP contribution in [0.3, 0.4) is 0 Å². The summed E-state index contributed by atoms with van der Waals surface area (Å²) in [5, 5.41) is 15.8. The van der Waals surface area contributed by atoms with Gasteiger partial charge in [-0.15, -0.1) is 0 Å². The highest BCUT2D eigenvalue weighted by Crippen LogP contribution is 2.30. The maximum Gasteiger partial charge on any atom is 0.227 e. The number of nitrogens with one attached hydrogen (secondary N) is 2. The average molecular weight is 720 g/mol. The van der Waals surface area contributed by atoms with Crippen molar-refractivity contribution < 1.29 is 24.2 Å². The van der Waals surface area contributed by atoms with Gasteiger partial charge in [-0.25, -0.2) is 0 Å². The molecule has 0 spiro atoms. The van der Waals surface area contributed by atoms with Crippen LogP contribution in [-0.2, 0) is 27.3 Å². The minimum atomic E-state index is -0.349. The second-order valence-electron chi connectivity index (χ2n) is 14.2. The van der Waals surface area contributed by atoms with Crippen molar-refractivity contribution in [1.29, 1.82) is 0 Å². The van der Waals surface area contributed by atoms with Gasteiger partial charge in [-0.1, -0.05) is 80.1 Å². The number of hydrogen-bond donors (Lipinski definition) is 4. The number of amides is 3. The van der Waals surface area contributed by atoms with E-state index in [1.165, 1.54) is 16.7 Å². The van der Waals surface area contributed by atoms with Gasteiger partial charge in [0.25, 0.3) is 0 Å². The summed E-state index contributed by atoms with van der Waals surface area (Å²) in [6.07, 6.45) is 2.52. The lowest BCUT2D eigenvalue weighted by atomic mass is 10.0. The summed E-state index contributed by atoms with van der Waals surface area (Å²) in [4.78, 5) is 42.8. The van der Waals surface area contributed by atoms with Gasteiger partial charge in [0.15, 0.2) is 0 Å². The Kier molecular flexibility index (Phi) is 14.0. The number of nitrogen functional groups attached to an aromatic ring is 1. The third-order valence-electron chi connectivity index (χ3n) is 9.75. The first-order valence-corrected chi connectivity index (χ1v) is 18.6. The number of likely N-dealkylation sites (N-methyl/N-ethyl adjacent to an activating group) is 1. The van der Waals surface area contributed by atoms with E-state index in [0.717, 1.165) is 13.0 Å². The molecule has 10 nitrogen and oxygen atoms in total. The van der Waals surface area contributed by atoms with Crippen LogP contribution in [0.15, 0.2) is 97.1 Å². The Bertz CT molecular complexity index is 1820. The van der Waals surface area contributed by atoms with Crippen molar-refractivity contribution in [2.24, 2.45) is 5.92 Å². The Balaban J connectivity index is 1.19. The van der Waals surface area contributed by atoms with E-state index < -0.39 is 0 Å². The molecule has 0 aliphatic carbocycles. The number of aliphatic hydroxyl groups is 1. The van der Waals surface area contributed by atoms with Gasteiger partial charge in [0.05, 0.1) is 30.4 Å². The van der Waals surface area contributed by atoms with Crippen molar-refractivity contribution in [1.82, 2.24) is 9.80 Å². The van der Waals surface area contributed by atoms with Crippen molar-refractivity contribution >= 4 is 34.8 Å². The van der Waals surface area contributed by atoms with Crippen LogP contribution < -0.4 is 21.1 Å². The van der Waals surface area contributed by atoms with Gasteiger partial charge in [0.1, 0.15) is 11.9 Å². The molecule has 0 bridgehead atoms. The molecule has 0 saturated carbocycles. The molecule has 1 heterocycles. The zero-order chi connectivity index (χ0) is 37.7. The molecule has 0 radical (unpaired) electrons. The molecular formula is C43H53N5O5. The molecule has 280 valence electrons. The molecule has 5 N–H and O–H groups in total. The molecule has 53 heavy (non-hydrogen) atoms. The van der Waals surface area contributed by atoms with E-state index in [1.807, 2.05) is 55.5 Å². The quantitative estimate of drug-likeness (QED) is 0.0789. The number of anilines is 3. The highest BCUT2D eigenvalue weighted by Gasteiger charge is 2.31. The molecule has 0 aromatic heterocycles. The molecule has 1 aliphatic rings. The molecule has 3 amide bonds. The highest BCUT2D eigenvalue weighted by atomic mass is 16.5. The lowest BCUT2D eigenvalue weighted by Crippen LogP contribution is -2.47. The molecule has 0 fully saturated rings. The fourth-order valence-corrected chi connectivity index (χ4v) is 6.64. The number of aliphatic hydroxyl groups excluding tert-OH is 1. The van der Waals surface area contributed by atoms with Crippen LogP contribution in [0, 0.1) is 5.92 Å². The molecule has 1 aliphatic heterocycles. The predicted octanol–water partition coefficient (Wildman–Crippen LogP) is 6.74. The van der Waals surface area contributed by atoms with Gasteiger partial charge in [0.2, 0.25) is 17.7 Å². The maximum atomic E-state index is 13.7. The minimum Gasteiger partial charge on any atom is -0.488 e. The number of unbranched alkanes of at least 4 members (excludes halogenated alkanes) is 2. The number of hydrogen-bond acceptors (Lipinski definition) is 7. The van der Waals surface area contributed by atoms with Crippen molar-refractivity contribution in [3.05, 3.63) is 108 Å². The van der Waals surface area contributed by atoms with E-state index >= 15 is 0 Å². The molecule has 0 unspecified atom stereocenters. The second kappa shape index (κ2) is 19.0. The van der Waals surface area contributed by atoms with Crippen molar-refractivity contribution in [2.45, 2.75) is 71.1 Å². The molecule has 10 heteroatoms. The first kappa shape index (κ1) is 39.0. The molecule has 4 aromatic carbocycles. The van der Waals surface area contributed by atoms with E-state index in [2.05, 4.69) is 65.9 Å². The molecule has 3 atom stereocenters. The number of carbonyl (C=O) groups is 3. The van der Waals surface area contributed by atoms with Crippen LogP contribution in [-0.4, -0.2) is 71.5 Å². The number of para-hydroxylation sites is 2.